The van der Waals surface area contributed by atoms with Gasteiger partial charge >= 0.3 is 0 Å². The molecule has 1 saturated heterocycles. The molecule has 1 aliphatic rings. The van der Waals surface area contributed by atoms with Gasteiger partial charge in [0.25, 0.3) is 5.91 Å². The largest absolute Gasteiger partial charge is 0.361 e. The molecule has 116 valence electrons. The van der Waals surface area contributed by atoms with Crippen LogP contribution in [0.5, 0.6) is 0 Å². The van der Waals surface area contributed by atoms with Gasteiger partial charge in [-0.3, -0.25) is 4.79 Å². The number of hydrogen-bond acceptors (Lipinski definition) is 3. The van der Waals surface area contributed by atoms with Crippen LogP contribution in [0.25, 0.3) is 0 Å². The number of carbonyl (C=O) groups is 1. The van der Waals surface area contributed by atoms with Gasteiger partial charge in [0.05, 0.1) is 32.7 Å². The molecule has 0 spiro atoms. The fourth-order valence-electron chi connectivity index (χ4n) is 2.87. The van der Waals surface area contributed by atoms with Crippen LogP contribution >= 0.6 is 0 Å². The van der Waals surface area contributed by atoms with E-state index in [1.807, 2.05) is 11.0 Å². The van der Waals surface area contributed by atoms with E-state index in [2.05, 4.69) is 29.4 Å². The monoisotopic (exact) mass is 300 g/mol. The first-order chi connectivity index (χ1) is 10.7. The SMILES string of the molecule is Cc1cc(C(=O)N2CC[NH+](CCc3ccccc3)CC2)no1. The van der Waals surface area contributed by atoms with Gasteiger partial charge in [-0.2, -0.15) is 0 Å². The summed E-state index contributed by atoms with van der Waals surface area (Å²) in [5, 5.41) is 3.81. The molecular weight excluding hydrogens is 278 g/mol. The minimum Gasteiger partial charge on any atom is -0.361 e. The van der Waals surface area contributed by atoms with Gasteiger partial charge in [-0.05, 0) is 12.5 Å². The molecule has 2 heterocycles. The van der Waals surface area contributed by atoms with Gasteiger partial charge in [-0.1, -0.05) is 35.5 Å². The van der Waals surface area contributed by atoms with Gasteiger partial charge in [-0.25, -0.2) is 0 Å². The van der Waals surface area contributed by atoms with Gasteiger partial charge in [0.15, 0.2) is 5.69 Å². The Bertz CT molecular complexity index is 616. The van der Waals surface area contributed by atoms with Crippen molar-refractivity contribution in [3.05, 3.63) is 53.4 Å². The fraction of sp³-hybridized carbons (Fsp3) is 0.412. The highest BCUT2D eigenvalue weighted by Gasteiger charge is 2.26. The maximum absolute atomic E-state index is 12.3. The van der Waals surface area contributed by atoms with Crippen molar-refractivity contribution in [1.29, 1.82) is 0 Å². The highest BCUT2D eigenvalue weighted by molar-refractivity contribution is 5.92. The van der Waals surface area contributed by atoms with Crippen LogP contribution in [0.15, 0.2) is 40.9 Å². The highest BCUT2D eigenvalue weighted by Crippen LogP contribution is 2.06. The van der Waals surface area contributed by atoms with Crippen LogP contribution in [-0.2, 0) is 6.42 Å². The van der Waals surface area contributed by atoms with Gasteiger partial charge < -0.3 is 14.3 Å². The minimum atomic E-state index is -0.0149. The van der Waals surface area contributed by atoms with E-state index in [4.69, 9.17) is 4.52 Å². The summed E-state index contributed by atoms with van der Waals surface area (Å²) in [5.41, 5.74) is 1.80. The topological polar surface area (TPSA) is 50.8 Å². The molecule has 22 heavy (non-hydrogen) atoms. The molecule has 1 aliphatic heterocycles. The minimum absolute atomic E-state index is 0.0149. The molecule has 0 saturated carbocycles. The van der Waals surface area contributed by atoms with Crippen molar-refractivity contribution in [3.63, 3.8) is 0 Å². The maximum Gasteiger partial charge on any atom is 0.276 e. The molecule has 5 heteroatoms. The van der Waals surface area contributed by atoms with E-state index in [0.29, 0.717) is 11.5 Å². The first-order valence-electron chi connectivity index (χ1n) is 7.82. The zero-order chi connectivity index (χ0) is 15.4. The molecule has 0 bridgehead atoms. The normalized spacial score (nSPS) is 16.0. The third-order valence-corrected chi connectivity index (χ3v) is 4.21. The lowest BCUT2D eigenvalue weighted by Gasteiger charge is -2.31. The molecule has 1 aromatic carbocycles. The predicted octanol–water partition coefficient (Wildman–Crippen LogP) is 0.566. The smallest absolute Gasteiger partial charge is 0.276 e. The maximum atomic E-state index is 12.3. The summed E-state index contributed by atoms with van der Waals surface area (Å²) in [5.74, 6) is 0.662. The molecule has 1 fully saturated rings. The number of nitrogens with zero attached hydrogens (tertiary/aromatic N) is 2. The van der Waals surface area contributed by atoms with Crippen LogP contribution in [0.4, 0.5) is 0 Å². The van der Waals surface area contributed by atoms with Crippen LogP contribution in [0, 0.1) is 6.92 Å². The van der Waals surface area contributed by atoms with Crippen LogP contribution in [0.1, 0.15) is 21.8 Å². The molecule has 1 N–H and O–H groups in total. The van der Waals surface area contributed by atoms with Crippen molar-refractivity contribution in [3.8, 4) is 0 Å². The molecular formula is C17H22N3O2+. The van der Waals surface area contributed by atoms with Crippen LogP contribution in [0.2, 0.25) is 0 Å². The second-order valence-corrected chi connectivity index (χ2v) is 5.85. The Hall–Kier alpha value is -2.14. The third-order valence-electron chi connectivity index (χ3n) is 4.21. The van der Waals surface area contributed by atoms with E-state index in [0.717, 1.165) is 39.1 Å². The molecule has 0 unspecified atom stereocenters. The van der Waals surface area contributed by atoms with Gasteiger partial charge in [0.2, 0.25) is 0 Å². The molecule has 3 rings (SSSR count). The summed E-state index contributed by atoms with van der Waals surface area (Å²) < 4.78 is 4.98. The Kier molecular flexibility index (Phi) is 4.53. The summed E-state index contributed by atoms with van der Waals surface area (Å²) in [7, 11) is 0. The number of quaternary nitrogens is 1. The van der Waals surface area contributed by atoms with E-state index in [9.17, 15) is 4.79 Å². The number of benzene rings is 1. The van der Waals surface area contributed by atoms with Crippen LogP contribution in [0.3, 0.4) is 0 Å². The lowest BCUT2D eigenvalue weighted by molar-refractivity contribution is -0.903. The fourth-order valence-corrected chi connectivity index (χ4v) is 2.87. The summed E-state index contributed by atoms with van der Waals surface area (Å²) in [4.78, 5) is 15.7. The number of piperazine rings is 1. The van der Waals surface area contributed by atoms with Crippen molar-refractivity contribution < 1.29 is 14.2 Å². The van der Waals surface area contributed by atoms with Crippen LogP contribution in [-0.4, -0.2) is 48.7 Å². The number of rotatable bonds is 4. The molecule has 0 aliphatic carbocycles. The third kappa shape index (κ3) is 3.54. The first kappa shape index (κ1) is 14.8. The van der Waals surface area contributed by atoms with E-state index >= 15 is 0 Å². The van der Waals surface area contributed by atoms with E-state index in [1.165, 1.54) is 5.56 Å². The quantitative estimate of drug-likeness (QED) is 0.898. The number of hydrogen-bond donors (Lipinski definition) is 1. The number of carbonyl (C=O) groups excluding carboxylic acids is 1. The zero-order valence-electron chi connectivity index (χ0n) is 12.9. The summed E-state index contributed by atoms with van der Waals surface area (Å²) in [6.07, 6.45) is 1.09. The first-order valence-corrected chi connectivity index (χ1v) is 7.82. The second-order valence-electron chi connectivity index (χ2n) is 5.85. The van der Waals surface area contributed by atoms with E-state index in [1.54, 1.807) is 17.9 Å². The van der Waals surface area contributed by atoms with Crippen molar-refractivity contribution in [2.45, 2.75) is 13.3 Å². The average Bonchev–Trinajstić information content (AvgIpc) is 3.00. The molecule has 1 amide bonds. The summed E-state index contributed by atoms with van der Waals surface area (Å²) in [6.45, 7) is 6.49. The lowest BCUT2D eigenvalue weighted by atomic mass is 10.1. The Labute approximate surface area is 130 Å². The standard InChI is InChI=1S/C17H21N3O2/c1-14-13-16(18-22-14)17(21)20-11-9-19(10-12-20)8-7-15-5-3-2-4-6-15/h2-6,13H,7-12H2,1H3/p+1. The predicted molar refractivity (Wildman–Crippen MR) is 82.9 cm³/mol. The molecule has 1 aromatic heterocycles. The second kappa shape index (κ2) is 6.75. The lowest BCUT2D eigenvalue weighted by Crippen LogP contribution is -3.15. The average molecular weight is 300 g/mol. The van der Waals surface area contributed by atoms with E-state index < -0.39 is 0 Å². The molecule has 2 aromatic rings. The Morgan fingerprint density at radius 3 is 2.64 bits per heavy atom. The van der Waals surface area contributed by atoms with Gasteiger partial charge in [0.1, 0.15) is 5.76 Å². The van der Waals surface area contributed by atoms with Crippen molar-refractivity contribution >= 4 is 5.91 Å². The van der Waals surface area contributed by atoms with E-state index in [-0.39, 0.29) is 5.91 Å². The zero-order valence-corrected chi connectivity index (χ0v) is 12.9. The Morgan fingerprint density at radius 1 is 1.27 bits per heavy atom. The summed E-state index contributed by atoms with van der Waals surface area (Å²) >= 11 is 0. The summed E-state index contributed by atoms with van der Waals surface area (Å²) in [6, 6.07) is 12.3. The molecule has 0 atom stereocenters. The van der Waals surface area contributed by atoms with Crippen LogP contribution < -0.4 is 4.90 Å². The van der Waals surface area contributed by atoms with Gasteiger partial charge in [-0.15, -0.1) is 0 Å². The number of aromatic nitrogens is 1. The van der Waals surface area contributed by atoms with Crippen molar-refractivity contribution in [1.82, 2.24) is 10.1 Å². The van der Waals surface area contributed by atoms with Gasteiger partial charge in [0, 0.05) is 12.5 Å². The van der Waals surface area contributed by atoms with Crippen molar-refractivity contribution in [2.24, 2.45) is 0 Å². The number of amides is 1. The van der Waals surface area contributed by atoms with Crippen molar-refractivity contribution in [2.75, 3.05) is 32.7 Å². The Morgan fingerprint density at radius 2 is 2.00 bits per heavy atom. The highest BCUT2D eigenvalue weighted by atomic mass is 16.5. The number of nitrogens with one attached hydrogen (secondary N) is 1. The number of aryl methyl sites for hydroxylation is 1. The molecule has 0 radical (unpaired) electrons. The Balaban J connectivity index is 1.47. The molecule has 5 nitrogen and oxygen atoms in total.